The van der Waals surface area contributed by atoms with E-state index < -0.39 is 5.97 Å². The van der Waals surface area contributed by atoms with Crippen LogP contribution in [0.2, 0.25) is 0 Å². The van der Waals surface area contributed by atoms with Gasteiger partial charge in [-0.1, -0.05) is 25.1 Å². The molecule has 210 valence electrons. The van der Waals surface area contributed by atoms with Crippen LogP contribution in [0.1, 0.15) is 43.3 Å². The average molecular weight is 549 g/mol. The van der Waals surface area contributed by atoms with Crippen LogP contribution in [-0.2, 0) is 29.2 Å². The molecule has 2 aromatic carbocycles. The van der Waals surface area contributed by atoms with Crippen LogP contribution in [-0.4, -0.2) is 63.0 Å². The molecule has 2 aromatic heterocycles. The molecule has 12 heteroatoms. The Bertz CT molecular complexity index is 1550. The molecule has 1 aliphatic heterocycles. The number of hydrogen-bond acceptors (Lipinski definition) is 10. The number of hydrogen-bond donors (Lipinski definition) is 1. The highest BCUT2D eigenvalue weighted by molar-refractivity contribution is 5.83. The van der Waals surface area contributed by atoms with Gasteiger partial charge in [0, 0.05) is 35.7 Å². The number of carbonyl (C=O) groups excluding carboxylic acids is 1. The minimum Gasteiger partial charge on any atom is -0.496 e. The lowest BCUT2D eigenvalue weighted by Crippen LogP contribution is -2.33. The second-order valence-corrected chi connectivity index (χ2v) is 9.35. The highest BCUT2D eigenvalue weighted by atomic mass is 16.6. The summed E-state index contributed by atoms with van der Waals surface area (Å²) < 4.78 is 23.6. The minimum atomic E-state index is -0.428. The van der Waals surface area contributed by atoms with Crippen molar-refractivity contribution >= 4 is 16.9 Å². The number of H-pyrrole nitrogens is 1. The second kappa shape index (κ2) is 12.2. The Balaban J connectivity index is 1.53. The van der Waals surface area contributed by atoms with Crippen molar-refractivity contribution < 1.29 is 23.7 Å². The summed E-state index contributed by atoms with van der Waals surface area (Å²) in [6.45, 7) is 5.57. The van der Waals surface area contributed by atoms with Crippen molar-refractivity contribution in [2.24, 2.45) is 0 Å². The van der Waals surface area contributed by atoms with Crippen molar-refractivity contribution in [1.82, 2.24) is 30.1 Å². The van der Waals surface area contributed by atoms with E-state index in [-0.39, 0.29) is 31.3 Å². The molecule has 40 heavy (non-hydrogen) atoms. The number of tetrazole rings is 1. The zero-order valence-electron chi connectivity index (χ0n) is 22.8. The molecule has 1 N–H and O–H groups in total. The quantitative estimate of drug-likeness (QED) is 0.279. The third-order valence-electron chi connectivity index (χ3n) is 6.79. The molecule has 0 unspecified atom stereocenters. The van der Waals surface area contributed by atoms with Crippen LogP contribution in [0.15, 0.2) is 47.3 Å². The molecule has 0 saturated heterocycles. The zero-order chi connectivity index (χ0) is 28.1. The number of nitrogens with zero attached hydrogens (tertiary/aromatic N) is 5. The Morgan fingerprint density at radius 3 is 2.60 bits per heavy atom. The van der Waals surface area contributed by atoms with E-state index in [1.54, 1.807) is 20.1 Å². The molecule has 12 nitrogen and oxygen atoms in total. The van der Waals surface area contributed by atoms with Crippen LogP contribution in [0.3, 0.4) is 0 Å². The predicted octanol–water partition coefficient (Wildman–Crippen LogP) is 3.01. The summed E-state index contributed by atoms with van der Waals surface area (Å²) in [5.41, 5.74) is 1.95. The van der Waals surface area contributed by atoms with Crippen molar-refractivity contribution in [3.63, 3.8) is 0 Å². The van der Waals surface area contributed by atoms with E-state index in [4.69, 9.17) is 18.9 Å². The number of para-hydroxylation sites is 1. The number of rotatable bonds is 11. The molecule has 3 heterocycles. The molecular weight excluding hydrogens is 516 g/mol. The van der Waals surface area contributed by atoms with Crippen molar-refractivity contribution in [2.45, 2.75) is 45.9 Å². The number of carbonyl (C=O) groups is 1. The number of aromatic amines is 1. The van der Waals surface area contributed by atoms with Crippen molar-refractivity contribution in [3.8, 4) is 17.2 Å². The standard InChI is InChI=1S/C28H32N6O6/c1-4-22(27-30-31-32-34(27)17-26(35)38-5-2)33(15-18-8-6-7-9-23(18)37-3)16-20-12-19-13-24-25(40-11-10-39-24)14-21(19)29-28(20)36/h6-9,12-14,22H,4-5,10-11,15-17H2,1-3H3,(H,29,36)/t22-/m1/s1. The first-order valence-electron chi connectivity index (χ1n) is 13.2. The number of methoxy groups -OCH3 is 1. The van der Waals surface area contributed by atoms with Gasteiger partial charge in [-0.3, -0.25) is 14.5 Å². The van der Waals surface area contributed by atoms with E-state index in [1.807, 2.05) is 43.3 Å². The number of esters is 1. The maximum atomic E-state index is 13.3. The van der Waals surface area contributed by atoms with E-state index in [1.165, 1.54) is 4.68 Å². The van der Waals surface area contributed by atoms with Gasteiger partial charge in [0.25, 0.3) is 5.56 Å². The van der Waals surface area contributed by atoms with Gasteiger partial charge in [0.2, 0.25) is 0 Å². The van der Waals surface area contributed by atoms with Crippen LogP contribution < -0.4 is 19.8 Å². The molecule has 0 radical (unpaired) electrons. The summed E-state index contributed by atoms with van der Waals surface area (Å²) in [5, 5.41) is 13.0. The molecule has 0 fully saturated rings. The molecular formula is C28H32N6O6. The number of nitrogens with one attached hydrogen (secondary N) is 1. The summed E-state index contributed by atoms with van der Waals surface area (Å²) >= 11 is 0. The highest BCUT2D eigenvalue weighted by Crippen LogP contribution is 2.34. The molecule has 0 amide bonds. The fourth-order valence-electron chi connectivity index (χ4n) is 4.95. The monoisotopic (exact) mass is 548 g/mol. The molecule has 0 aliphatic carbocycles. The first-order valence-corrected chi connectivity index (χ1v) is 13.2. The van der Waals surface area contributed by atoms with Crippen LogP contribution in [0.5, 0.6) is 17.2 Å². The van der Waals surface area contributed by atoms with E-state index in [9.17, 15) is 9.59 Å². The van der Waals surface area contributed by atoms with E-state index in [2.05, 4.69) is 25.4 Å². The number of fused-ring (bicyclic) bond motifs is 2. The van der Waals surface area contributed by atoms with Crippen LogP contribution in [0, 0.1) is 0 Å². The minimum absolute atomic E-state index is 0.112. The fourth-order valence-corrected chi connectivity index (χ4v) is 4.95. The molecule has 1 atom stereocenters. The Kier molecular flexibility index (Phi) is 8.25. The maximum absolute atomic E-state index is 13.3. The fraction of sp³-hybridized carbons (Fsp3) is 0.393. The third-order valence-corrected chi connectivity index (χ3v) is 6.79. The molecule has 0 spiro atoms. The van der Waals surface area contributed by atoms with Gasteiger partial charge in [-0.05, 0) is 42.0 Å². The predicted molar refractivity (Wildman–Crippen MR) is 145 cm³/mol. The lowest BCUT2D eigenvalue weighted by atomic mass is 10.1. The van der Waals surface area contributed by atoms with Crippen LogP contribution in [0.4, 0.5) is 0 Å². The lowest BCUT2D eigenvalue weighted by Gasteiger charge is -2.30. The van der Waals surface area contributed by atoms with Gasteiger partial charge in [0.1, 0.15) is 25.5 Å². The molecule has 0 saturated carbocycles. The first-order chi connectivity index (χ1) is 19.5. The Hall–Kier alpha value is -4.45. The van der Waals surface area contributed by atoms with Gasteiger partial charge < -0.3 is 23.9 Å². The summed E-state index contributed by atoms with van der Waals surface area (Å²) in [7, 11) is 1.63. The summed E-state index contributed by atoms with van der Waals surface area (Å²) in [5.74, 6) is 2.06. The lowest BCUT2D eigenvalue weighted by molar-refractivity contribution is -0.144. The summed E-state index contributed by atoms with van der Waals surface area (Å²) in [6, 6.07) is 12.9. The second-order valence-electron chi connectivity index (χ2n) is 9.35. The van der Waals surface area contributed by atoms with Crippen LogP contribution >= 0.6 is 0 Å². The Morgan fingerprint density at radius 1 is 1.10 bits per heavy atom. The van der Waals surface area contributed by atoms with Crippen molar-refractivity contribution in [3.05, 3.63) is 69.8 Å². The number of aromatic nitrogens is 5. The normalized spacial score (nSPS) is 13.4. The van der Waals surface area contributed by atoms with Crippen molar-refractivity contribution in [1.29, 1.82) is 0 Å². The third kappa shape index (κ3) is 5.76. The first kappa shape index (κ1) is 27.1. The SMILES string of the molecule is CCOC(=O)Cn1nnnc1[C@@H](CC)N(Cc1ccccc1OC)Cc1cc2cc3c(cc2[nH]c1=O)OCCO3. The maximum Gasteiger partial charge on any atom is 0.327 e. The van der Waals surface area contributed by atoms with Gasteiger partial charge in [0.15, 0.2) is 17.3 Å². The largest absolute Gasteiger partial charge is 0.496 e. The number of ether oxygens (including phenoxy) is 4. The van der Waals surface area contributed by atoms with E-state index in [0.717, 1.165) is 16.7 Å². The highest BCUT2D eigenvalue weighted by Gasteiger charge is 2.28. The van der Waals surface area contributed by atoms with Gasteiger partial charge in [0.05, 0.1) is 25.3 Å². The summed E-state index contributed by atoms with van der Waals surface area (Å²) in [4.78, 5) is 30.7. The average Bonchev–Trinajstić information content (AvgIpc) is 3.40. The zero-order valence-corrected chi connectivity index (χ0v) is 22.8. The topological polar surface area (TPSA) is 134 Å². The van der Waals surface area contributed by atoms with Gasteiger partial charge in [-0.15, -0.1) is 5.10 Å². The summed E-state index contributed by atoms with van der Waals surface area (Å²) in [6.07, 6.45) is 0.614. The van der Waals surface area contributed by atoms with Gasteiger partial charge >= 0.3 is 5.97 Å². The molecule has 0 bridgehead atoms. The molecule has 5 rings (SSSR count). The Labute approximate surface area is 230 Å². The number of pyridine rings is 1. The number of benzene rings is 2. The van der Waals surface area contributed by atoms with E-state index >= 15 is 0 Å². The smallest absolute Gasteiger partial charge is 0.327 e. The molecule has 4 aromatic rings. The van der Waals surface area contributed by atoms with Crippen LogP contribution in [0.25, 0.3) is 10.9 Å². The van der Waals surface area contributed by atoms with Crippen molar-refractivity contribution in [2.75, 3.05) is 26.9 Å². The van der Waals surface area contributed by atoms with Gasteiger partial charge in [-0.2, -0.15) is 0 Å². The molecule has 1 aliphatic rings. The van der Waals surface area contributed by atoms with E-state index in [0.29, 0.717) is 54.6 Å². The Morgan fingerprint density at radius 2 is 1.85 bits per heavy atom. The van der Waals surface area contributed by atoms with Gasteiger partial charge in [-0.25, -0.2) is 4.68 Å².